The van der Waals surface area contributed by atoms with E-state index in [-0.39, 0.29) is 0 Å². The lowest BCUT2D eigenvalue weighted by Crippen LogP contribution is -2.43. The lowest BCUT2D eigenvalue weighted by atomic mass is 10.0. The van der Waals surface area contributed by atoms with Crippen molar-refractivity contribution in [1.29, 1.82) is 0 Å². The maximum atomic E-state index is 3.58. The quantitative estimate of drug-likeness (QED) is 0.728. The third-order valence-electron chi connectivity index (χ3n) is 3.43. The molecular weight excluding hydrogens is 184 g/mol. The van der Waals surface area contributed by atoms with Crippen LogP contribution >= 0.6 is 0 Å². The van der Waals surface area contributed by atoms with Crippen molar-refractivity contribution in [2.75, 3.05) is 19.6 Å². The summed E-state index contributed by atoms with van der Waals surface area (Å²) in [5.41, 5.74) is 0. The van der Waals surface area contributed by atoms with Gasteiger partial charge in [-0.2, -0.15) is 0 Å². The van der Waals surface area contributed by atoms with Crippen molar-refractivity contribution in [2.24, 2.45) is 5.92 Å². The second-order valence-corrected chi connectivity index (χ2v) is 5.30. The average Bonchev–Trinajstić information content (AvgIpc) is 2.62. The molecule has 1 rings (SSSR count). The van der Waals surface area contributed by atoms with E-state index in [1.165, 1.54) is 32.4 Å². The highest BCUT2D eigenvalue weighted by atomic mass is 15.2. The third kappa shape index (κ3) is 4.12. The molecule has 0 aromatic heterocycles. The summed E-state index contributed by atoms with van der Waals surface area (Å²) in [5.74, 6) is 0.811. The van der Waals surface area contributed by atoms with Gasteiger partial charge in [-0.1, -0.05) is 20.8 Å². The molecule has 15 heavy (non-hydrogen) atoms. The lowest BCUT2D eigenvalue weighted by molar-refractivity contribution is 0.190. The predicted octanol–water partition coefficient (Wildman–Crippen LogP) is 2.49. The van der Waals surface area contributed by atoms with Gasteiger partial charge in [0.05, 0.1) is 0 Å². The fraction of sp³-hybridized carbons (Fsp3) is 1.00. The summed E-state index contributed by atoms with van der Waals surface area (Å²) in [7, 11) is 0. The summed E-state index contributed by atoms with van der Waals surface area (Å²) in [6.45, 7) is 12.9. The molecule has 0 bridgehead atoms. The molecule has 1 aliphatic heterocycles. The van der Waals surface area contributed by atoms with Crippen LogP contribution in [0.15, 0.2) is 0 Å². The standard InChI is InChI=1S/C13H28N2/c1-5-8-14-12(4)10-15-9-6-7-13(15)11(2)3/h11-14H,5-10H2,1-4H3. The lowest BCUT2D eigenvalue weighted by Gasteiger charge is -2.30. The van der Waals surface area contributed by atoms with Crippen molar-refractivity contribution >= 4 is 0 Å². The van der Waals surface area contributed by atoms with E-state index in [0.717, 1.165) is 18.5 Å². The van der Waals surface area contributed by atoms with Crippen molar-refractivity contribution in [2.45, 2.75) is 59.0 Å². The van der Waals surface area contributed by atoms with Crippen LogP contribution in [-0.2, 0) is 0 Å². The number of hydrogen-bond donors (Lipinski definition) is 1. The van der Waals surface area contributed by atoms with Gasteiger partial charge in [-0.15, -0.1) is 0 Å². The molecule has 2 atom stereocenters. The maximum Gasteiger partial charge on any atom is 0.0166 e. The molecule has 90 valence electrons. The van der Waals surface area contributed by atoms with E-state index in [2.05, 4.69) is 37.9 Å². The van der Waals surface area contributed by atoms with Gasteiger partial charge in [0.15, 0.2) is 0 Å². The second kappa shape index (κ2) is 6.49. The molecule has 2 nitrogen and oxygen atoms in total. The summed E-state index contributed by atoms with van der Waals surface area (Å²) in [5, 5.41) is 3.58. The summed E-state index contributed by atoms with van der Waals surface area (Å²) in [6, 6.07) is 1.47. The minimum absolute atomic E-state index is 0.643. The second-order valence-electron chi connectivity index (χ2n) is 5.30. The van der Waals surface area contributed by atoms with E-state index in [0.29, 0.717) is 6.04 Å². The topological polar surface area (TPSA) is 15.3 Å². The molecule has 1 fully saturated rings. The zero-order chi connectivity index (χ0) is 11.3. The summed E-state index contributed by atoms with van der Waals surface area (Å²) < 4.78 is 0. The molecule has 1 N–H and O–H groups in total. The first-order valence-corrected chi connectivity index (χ1v) is 6.62. The van der Waals surface area contributed by atoms with Gasteiger partial charge < -0.3 is 5.32 Å². The fourth-order valence-electron chi connectivity index (χ4n) is 2.64. The van der Waals surface area contributed by atoms with Crippen molar-refractivity contribution < 1.29 is 0 Å². The van der Waals surface area contributed by atoms with Gasteiger partial charge in [-0.05, 0) is 45.2 Å². The average molecular weight is 212 g/mol. The molecule has 1 aliphatic rings. The number of hydrogen-bond acceptors (Lipinski definition) is 2. The summed E-state index contributed by atoms with van der Waals surface area (Å²) in [4.78, 5) is 2.68. The largest absolute Gasteiger partial charge is 0.313 e. The van der Waals surface area contributed by atoms with Crippen LogP contribution in [0.3, 0.4) is 0 Å². The normalized spacial score (nSPS) is 25.0. The predicted molar refractivity (Wildman–Crippen MR) is 67.2 cm³/mol. The molecule has 2 unspecified atom stereocenters. The minimum atomic E-state index is 0.643. The van der Waals surface area contributed by atoms with E-state index >= 15 is 0 Å². The van der Waals surface area contributed by atoms with Gasteiger partial charge in [-0.25, -0.2) is 0 Å². The van der Waals surface area contributed by atoms with Crippen LogP contribution in [0.4, 0.5) is 0 Å². The molecule has 2 heteroatoms. The Labute approximate surface area is 95.4 Å². The Morgan fingerprint density at radius 2 is 2.07 bits per heavy atom. The summed E-state index contributed by atoms with van der Waals surface area (Å²) >= 11 is 0. The van der Waals surface area contributed by atoms with Gasteiger partial charge in [0.25, 0.3) is 0 Å². The third-order valence-corrected chi connectivity index (χ3v) is 3.43. The van der Waals surface area contributed by atoms with Gasteiger partial charge in [0, 0.05) is 18.6 Å². The van der Waals surface area contributed by atoms with E-state index in [4.69, 9.17) is 0 Å². The monoisotopic (exact) mass is 212 g/mol. The van der Waals surface area contributed by atoms with Crippen LogP contribution in [-0.4, -0.2) is 36.6 Å². The highest BCUT2D eigenvalue weighted by Crippen LogP contribution is 2.23. The Hall–Kier alpha value is -0.0800. The van der Waals surface area contributed by atoms with Crippen LogP contribution in [0.1, 0.15) is 47.0 Å². The highest BCUT2D eigenvalue weighted by molar-refractivity contribution is 4.83. The molecule has 0 saturated carbocycles. The number of nitrogens with one attached hydrogen (secondary N) is 1. The van der Waals surface area contributed by atoms with E-state index in [1.54, 1.807) is 0 Å². The van der Waals surface area contributed by atoms with Crippen LogP contribution < -0.4 is 5.32 Å². The Balaban J connectivity index is 2.30. The smallest absolute Gasteiger partial charge is 0.0166 e. The van der Waals surface area contributed by atoms with E-state index in [1.807, 2.05) is 0 Å². The number of rotatable bonds is 6. The molecule has 0 aliphatic carbocycles. The molecule has 1 heterocycles. The zero-order valence-electron chi connectivity index (χ0n) is 10.9. The molecule has 0 amide bonds. The van der Waals surface area contributed by atoms with Gasteiger partial charge in [0.1, 0.15) is 0 Å². The Bertz CT molecular complexity index is 168. The number of likely N-dealkylation sites (tertiary alicyclic amines) is 1. The zero-order valence-corrected chi connectivity index (χ0v) is 10.9. The van der Waals surface area contributed by atoms with E-state index < -0.39 is 0 Å². The molecule has 0 aromatic carbocycles. The van der Waals surface area contributed by atoms with Crippen LogP contribution in [0, 0.1) is 5.92 Å². The van der Waals surface area contributed by atoms with Crippen LogP contribution in [0.5, 0.6) is 0 Å². The fourth-order valence-corrected chi connectivity index (χ4v) is 2.64. The van der Waals surface area contributed by atoms with Crippen molar-refractivity contribution in [3.63, 3.8) is 0 Å². The minimum Gasteiger partial charge on any atom is -0.313 e. The Morgan fingerprint density at radius 1 is 1.33 bits per heavy atom. The van der Waals surface area contributed by atoms with Crippen LogP contribution in [0.25, 0.3) is 0 Å². The van der Waals surface area contributed by atoms with Crippen molar-refractivity contribution in [3.05, 3.63) is 0 Å². The molecule has 1 saturated heterocycles. The highest BCUT2D eigenvalue weighted by Gasteiger charge is 2.27. The van der Waals surface area contributed by atoms with Gasteiger partial charge in [-0.3, -0.25) is 4.90 Å². The van der Waals surface area contributed by atoms with Crippen molar-refractivity contribution in [1.82, 2.24) is 10.2 Å². The maximum absolute atomic E-state index is 3.58. The van der Waals surface area contributed by atoms with Gasteiger partial charge in [0.2, 0.25) is 0 Å². The van der Waals surface area contributed by atoms with Crippen LogP contribution in [0.2, 0.25) is 0 Å². The van der Waals surface area contributed by atoms with Gasteiger partial charge >= 0.3 is 0 Å². The Morgan fingerprint density at radius 3 is 2.67 bits per heavy atom. The number of nitrogens with zero attached hydrogens (tertiary/aromatic N) is 1. The first kappa shape index (κ1) is 13.0. The molecule has 0 radical (unpaired) electrons. The summed E-state index contributed by atoms with van der Waals surface area (Å²) in [6.07, 6.45) is 4.03. The Kier molecular flexibility index (Phi) is 5.62. The molecular formula is C13H28N2. The van der Waals surface area contributed by atoms with Crippen molar-refractivity contribution in [3.8, 4) is 0 Å². The first-order valence-electron chi connectivity index (χ1n) is 6.62. The molecule has 0 spiro atoms. The van der Waals surface area contributed by atoms with E-state index in [9.17, 15) is 0 Å². The SMILES string of the molecule is CCCNC(C)CN1CCCC1C(C)C. The molecule has 0 aromatic rings. The first-order chi connectivity index (χ1) is 7.15.